The molecule has 1 aromatic heterocycles. The van der Waals surface area contributed by atoms with Crippen LogP contribution in [0.5, 0.6) is 0 Å². The Morgan fingerprint density at radius 2 is 2.27 bits per heavy atom. The number of aromatic amines is 1. The van der Waals surface area contributed by atoms with Gasteiger partial charge in [-0.2, -0.15) is 0 Å². The van der Waals surface area contributed by atoms with Crippen molar-refractivity contribution >= 4 is 16.9 Å². The Morgan fingerprint density at radius 1 is 1.45 bits per heavy atom. The number of nitrogens with two attached hydrogens (primary N) is 1. The van der Waals surface area contributed by atoms with Crippen LogP contribution in [-0.2, 0) is 5.54 Å². The van der Waals surface area contributed by atoms with Crippen molar-refractivity contribution in [3.8, 4) is 0 Å². The molecular weight excluding hydrogens is 276 g/mol. The van der Waals surface area contributed by atoms with Gasteiger partial charge >= 0.3 is 0 Å². The lowest BCUT2D eigenvalue weighted by molar-refractivity contribution is 0.0526. The van der Waals surface area contributed by atoms with E-state index in [0.29, 0.717) is 11.1 Å². The smallest absolute Gasteiger partial charge is 0.250 e. The van der Waals surface area contributed by atoms with E-state index in [1.165, 1.54) is 12.8 Å². The SMILES string of the molecule is CCCN1CCCCC1(C)c1nc2c(C(N)=O)cccc2[nH]1. The lowest BCUT2D eigenvalue weighted by Crippen LogP contribution is -2.48. The van der Waals surface area contributed by atoms with Crippen molar-refractivity contribution in [1.82, 2.24) is 14.9 Å². The molecule has 0 saturated carbocycles. The van der Waals surface area contributed by atoms with E-state index in [-0.39, 0.29) is 5.54 Å². The van der Waals surface area contributed by atoms with Crippen molar-refractivity contribution in [3.05, 3.63) is 29.6 Å². The Kier molecular flexibility index (Phi) is 3.91. The first-order valence-corrected chi connectivity index (χ1v) is 8.10. The molecule has 1 unspecified atom stereocenters. The molecule has 1 aliphatic heterocycles. The Hall–Kier alpha value is -1.88. The molecule has 2 aromatic rings. The summed E-state index contributed by atoms with van der Waals surface area (Å²) in [6.07, 6.45) is 4.65. The van der Waals surface area contributed by atoms with Crippen LogP contribution >= 0.6 is 0 Å². The third kappa shape index (κ3) is 2.39. The predicted octanol–water partition coefficient (Wildman–Crippen LogP) is 2.77. The summed E-state index contributed by atoms with van der Waals surface area (Å²) < 4.78 is 0. The number of aromatic nitrogens is 2. The predicted molar refractivity (Wildman–Crippen MR) is 87.7 cm³/mol. The van der Waals surface area contributed by atoms with Gasteiger partial charge in [0, 0.05) is 0 Å². The molecule has 1 fully saturated rings. The number of piperidine rings is 1. The zero-order valence-corrected chi connectivity index (χ0v) is 13.4. The van der Waals surface area contributed by atoms with Crippen molar-refractivity contribution in [3.63, 3.8) is 0 Å². The van der Waals surface area contributed by atoms with Crippen molar-refractivity contribution in [2.24, 2.45) is 5.73 Å². The summed E-state index contributed by atoms with van der Waals surface area (Å²) in [5.41, 5.74) is 7.44. The minimum atomic E-state index is -0.428. The van der Waals surface area contributed by atoms with Crippen LogP contribution in [0.25, 0.3) is 11.0 Å². The largest absolute Gasteiger partial charge is 0.366 e. The number of benzene rings is 1. The maximum absolute atomic E-state index is 11.6. The number of carbonyl (C=O) groups excluding carboxylic acids is 1. The fourth-order valence-corrected chi connectivity index (χ4v) is 3.56. The van der Waals surface area contributed by atoms with Gasteiger partial charge in [-0.05, 0) is 57.8 Å². The summed E-state index contributed by atoms with van der Waals surface area (Å²) in [6.45, 7) is 6.63. The molecule has 0 aliphatic carbocycles. The van der Waals surface area contributed by atoms with Crippen LogP contribution in [0.3, 0.4) is 0 Å². The molecule has 1 aromatic carbocycles. The zero-order valence-electron chi connectivity index (χ0n) is 13.4. The number of carbonyl (C=O) groups is 1. The summed E-state index contributed by atoms with van der Waals surface area (Å²) in [5.74, 6) is 0.521. The number of nitrogens with zero attached hydrogens (tertiary/aromatic N) is 2. The van der Waals surface area contributed by atoms with Gasteiger partial charge in [-0.3, -0.25) is 9.69 Å². The van der Waals surface area contributed by atoms with Gasteiger partial charge in [0.1, 0.15) is 11.3 Å². The van der Waals surface area contributed by atoms with E-state index in [9.17, 15) is 4.79 Å². The summed E-state index contributed by atoms with van der Waals surface area (Å²) >= 11 is 0. The highest BCUT2D eigenvalue weighted by Gasteiger charge is 2.38. The van der Waals surface area contributed by atoms with Crippen molar-refractivity contribution < 1.29 is 4.79 Å². The number of likely N-dealkylation sites (tertiary alicyclic amines) is 1. The van der Waals surface area contributed by atoms with Gasteiger partial charge in [0.05, 0.1) is 16.6 Å². The third-order valence-electron chi connectivity index (χ3n) is 4.82. The second kappa shape index (κ2) is 5.72. The molecule has 0 bridgehead atoms. The van der Waals surface area contributed by atoms with Crippen LogP contribution in [0.2, 0.25) is 0 Å². The van der Waals surface area contributed by atoms with Crippen LogP contribution in [0, 0.1) is 0 Å². The van der Waals surface area contributed by atoms with Gasteiger partial charge in [-0.25, -0.2) is 4.98 Å². The number of nitrogens with one attached hydrogen (secondary N) is 1. The van der Waals surface area contributed by atoms with E-state index in [1.54, 1.807) is 6.07 Å². The maximum Gasteiger partial charge on any atom is 0.250 e. The monoisotopic (exact) mass is 300 g/mol. The number of amides is 1. The van der Waals surface area contributed by atoms with E-state index in [2.05, 4.69) is 23.7 Å². The molecule has 5 heteroatoms. The standard InChI is InChI=1S/C17H24N4O/c1-3-10-21-11-5-4-9-17(21,2)16-19-13-8-6-7-12(15(18)22)14(13)20-16/h6-8H,3-5,9-11H2,1-2H3,(H2,18,22)(H,19,20). The quantitative estimate of drug-likeness (QED) is 0.911. The summed E-state index contributed by atoms with van der Waals surface area (Å²) in [5, 5.41) is 0. The molecule has 1 atom stereocenters. The van der Waals surface area contributed by atoms with E-state index >= 15 is 0 Å². The highest BCUT2D eigenvalue weighted by atomic mass is 16.1. The van der Waals surface area contributed by atoms with Crippen LogP contribution in [0.15, 0.2) is 18.2 Å². The molecule has 1 saturated heterocycles. The molecule has 5 nitrogen and oxygen atoms in total. The second-order valence-corrected chi connectivity index (χ2v) is 6.37. The molecule has 3 rings (SSSR count). The average molecular weight is 300 g/mol. The molecule has 118 valence electrons. The van der Waals surface area contributed by atoms with E-state index in [4.69, 9.17) is 10.7 Å². The lowest BCUT2D eigenvalue weighted by Gasteiger charge is -2.43. The molecule has 1 amide bonds. The molecule has 3 N–H and O–H groups in total. The normalized spacial score (nSPS) is 23.0. The molecule has 0 radical (unpaired) electrons. The minimum Gasteiger partial charge on any atom is -0.366 e. The maximum atomic E-state index is 11.6. The van der Waals surface area contributed by atoms with E-state index in [0.717, 1.165) is 37.3 Å². The zero-order chi connectivity index (χ0) is 15.7. The molecule has 1 aliphatic rings. The molecule has 22 heavy (non-hydrogen) atoms. The number of imidazole rings is 1. The Labute approximate surface area is 130 Å². The fourth-order valence-electron chi connectivity index (χ4n) is 3.56. The third-order valence-corrected chi connectivity index (χ3v) is 4.82. The summed E-state index contributed by atoms with van der Waals surface area (Å²) in [4.78, 5) is 22.3. The Morgan fingerprint density at radius 3 is 3.00 bits per heavy atom. The first-order chi connectivity index (χ1) is 10.6. The van der Waals surface area contributed by atoms with Gasteiger partial charge in [0.25, 0.3) is 5.91 Å². The molecule has 2 heterocycles. The Bertz CT molecular complexity index is 691. The Balaban J connectivity index is 2.08. The minimum absolute atomic E-state index is 0.0950. The summed E-state index contributed by atoms with van der Waals surface area (Å²) in [7, 11) is 0. The highest BCUT2D eigenvalue weighted by molar-refractivity contribution is 6.04. The topological polar surface area (TPSA) is 75.0 Å². The van der Waals surface area contributed by atoms with Crippen LogP contribution in [0.4, 0.5) is 0 Å². The van der Waals surface area contributed by atoms with E-state index in [1.807, 2.05) is 12.1 Å². The van der Waals surface area contributed by atoms with Gasteiger partial charge in [-0.15, -0.1) is 0 Å². The van der Waals surface area contributed by atoms with Crippen LogP contribution in [0.1, 0.15) is 55.7 Å². The highest BCUT2D eigenvalue weighted by Crippen LogP contribution is 2.37. The number of hydrogen-bond donors (Lipinski definition) is 2. The number of primary amides is 1. The molecule has 0 spiro atoms. The molecular formula is C17H24N4O. The van der Waals surface area contributed by atoms with Crippen molar-refractivity contribution in [2.75, 3.05) is 13.1 Å². The van der Waals surface area contributed by atoms with Gasteiger partial charge < -0.3 is 10.7 Å². The van der Waals surface area contributed by atoms with Gasteiger partial charge in [-0.1, -0.05) is 13.0 Å². The van der Waals surface area contributed by atoms with Crippen LogP contribution in [-0.4, -0.2) is 33.9 Å². The first kappa shape index (κ1) is 15.0. The summed E-state index contributed by atoms with van der Waals surface area (Å²) in [6, 6.07) is 5.54. The average Bonchev–Trinajstić information content (AvgIpc) is 2.94. The number of rotatable bonds is 4. The van der Waals surface area contributed by atoms with Gasteiger partial charge in [0.2, 0.25) is 0 Å². The number of hydrogen-bond acceptors (Lipinski definition) is 3. The number of para-hydroxylation sites is 1. The second-order valence-electron chi connectivity index (χ2n) is 6.37. The van der Waals surface area contributed by atoms with Crippen LogP contribution < -0.4 is 5.73 Å². The number of fused-ring (bicyclic) bond motifs is 1. The lowest BCUT2D eigenvalue weighted by atomic mass is 9.87. The van der Waals surface area contributed by atoms with Gasteiger partial charge in [0.15, 0.2) is 0 Å². The van der Waals surface area contributed by atoms with E-state index < -0.39 is 5.91 Å². The van der Waals surface area contributed by atoms with Crippen molar-refractivity contribution in [1.29, 1.82) is 0 Å². The van der Waals surface area contributed by atoms with Crippen molar-refractivity contribution in [2.45, 2.75) is 45.1 Å². The number of H-pyrrole nitrogens is 1. The first-order valence-electron chi connectivity index (χ1n) is 8.10. The fraction of sp³-hybridized carbons (Fsp3) is 0.529.